The van der Waals surface area contributed by atoms with Crippen LogP contribution in [0.4, 0.5) is 0 Å². The molecule has 27 heavy (non-hydrogen) atoms. The number of hydrogen-bond donors (Lipinski definition) is 0. The van der Waals surface area contributed by atoms with Gasteiger partial charge in [0.25, 0.3) is 5.91 Å². The molecule has 0 N–H and O–H groups in total. The first-order chi connectivity index (χ1) is 13.1. The lowest BCUT2D eigenvalue weighted by atomic mass is 9.80. The van der Waals surface area contributed by atoms with Gasteiger partial charge in [0.2, 0.25) is 5.91 Å². The summed E-state index contributed by atoms with van der Waals surface area (Å²) in [5.74, 6) is 0.224. The molecule has 1 saturated heterocycles. The number of thiophene rings is 1. The Labute approximate surface area is 164 Å². The van der Waals surface area contributed by atoms with Crippen molar-refractivity contribution in [1.29, 1.82) is 0 Å². The van der Waals surface area contributed by atoms with Crippen LogP contribution >= 0.6 is 11.3 Å². The van der Waals surface area contributed by atoms with Crippen molar-refractivity contribution in [2.75, 3.05) is 19.6 Å². The molecule has 2 aliphatic rings. The molecule has 2 aliphatic heterocycles. The quantitative estimate of drug-likeness (QED) is 0.791. The van der Waals surface area contributed by atoms with Gasteiger partial charge >= 0.3 is 0 Å². The van der Waals surface area contributed by atoms with Crippen molar-refractivity contribution in [3.05, 3.63) is 57.8 Å². The van der Waals surface area contributed by atoms with Crippen LogP contribution in [0.1, 0.15) is 59.4 Å². The summed E-state index contributed by atoms with van der Waals surface area (Å²) in [6.45, 7) is 6.55. The van der Waals surface area contributed by atoms with Crippen LogP contribution in [0.5, 0.6) is 0 Å². The fourth-order valence-corrected chi connectivity index (χ4v) is 5.24. The Morgan fingerprint density at radius 1 is 1.15 bits per heavy atom. The van der Waals surface area contributed by atoms with Gasteiger partial charge in [0.05, 0.1) is 12.0 Å². The second-order valence-corrected chi connectivity index (χ2v) is 8.89. The van der Waals surface area contributed by atoms with Crippen LogP contribution in [0.2, 0.25) is 0 Å². The predicted molar refractivity (Wildman–Crippen MR) is 108 cm³/mol. The topological polar surface area (TPSA) is 40.6 Å². The van der Waals surface area contributed by atoms with Gasteiger partial charge in [-0.2, -0.15) is 0 Å². The molecule has 0 spiro atoms. The zero-order chi connectivity index (χ0) is 19.0. The highest BCUT2D eigenvalue weighted by Crippen LogP contribution is 2.45. The summed E-state index contributed by atoms with van der Waals surface area (Å²) >= 11 is 1.64. The Kier molecular flexibility index (Phi) is 5.04. The molecule has 0 saturated carbocycles. The highest BCUT2D eigenvalue weighted by atomic mass is 32.1. The predicted octanol–water partition coefficient (Wildman–Crippen LogP) is 4.31. The van der Waals surface area contributed by atoms with E-state index < -0.39 is 0 Å². The molecular weight excluding hydrogens is 356 g/mol. The van der Waals surface area contributed by atoms with Crippen molar-refractivity contribution in [3.8, 4) is 0 Å². The number of rotatable bonds is 4. The van der Waals surface area contributed by atoms with E-state index in [0.29, 0.717) is 18.0 Å². The third-order valence-electron chi connectivity index (χ3n) is 5.52. The first kappa shape index (κ1) is 18.2. The van der Waals surface area contributed by atoms with E-state index in [1.54, 1.807) is 11.3 Å². The van der Waals surface area contributed by atoms with E-state index >= 15 is 0 Å². The van der Waals surface area contributed by atoms with E-state index in [9.17, 15) is 9.59 Å². The third kappa shape index (κ3) is 3.29. The van der Waals surface area contributed by atoms with Gasteiger partial charge in [-0.15, -0.1) is 11.3 Å². The Balaban J connectivity index is 1.86. The molecule has 5 heteroatoms. The minimum absolute atomic E-state index is 0.0446. The Bertz CT molecular complexity index is 825. The summed E-state index contributed by atoms with van der Waals surface area (Å²) in [6.07, 6.45) is 2.14. The molecule has 0 radical (unpaired) electrons. The first-order valence-corrected chi connectivity index (χ1v) is 10.7. The number of nitrogens with zero attached hydrogens (tertiary/aromatic N) is 2. The van der Waals surface area contributed by atoms with E-state index in [-0.39, 0.29) is 23.8 Å². The van der Waals surface area contributed by atoms with Gasteiger partial charge in [-0.05, 0) is 41.8 Å². The summed E-state index contributed by atoms with van der Waals surface area (Å²) in [5, 5.41) is 2.03. The normalized spacial score (nSPS) is 22.4. The Hall–Kier alpha value is -2.14. The largest absolute Gasteiger partial charge is 0.342 e. The summed E-state index contributed by atoms with van der Waals surface area (Å²) in [4.78, 5) is 32.0. The molecule has 0 aliphatic carbocycles. The molecule has 1 aromatic heterocycles. The van der Waals surface area contributed by atoms with Gasteiger partial charge in [0.1, 0.15) is 0 Å². The molecule has 0 bridgehead atoms. The summed E-state index contributed by atoms with van der Waals surface area (Å²) in [6, 6.07) is 11.5. The van der Waals surface area contributed by atoms with Gasteiger partial charge in [-0.3, -0.25) is 9.59 Å². The van der Waals surface area contributed by atoms with Crippen molar-refractivity contribution < 1.29 is 9.59 Å². The van der Waals surface area contributed by atoms with Gasteiger partial charge < -0.3 is 9.80 Å². The minimum Gasteiger partial charge on any atom is -0.342 e. The number of hydrogen-bond acceptors (Lipinski definition) is 3. The molecule has 2 aromatic rings. The maximum atomic E-state index is 13.6. The first-order valence-electron chi connectivity index (χ1n) is 9.80. The number of carbonyl (C=O) groups excluding carboxylic acids is 2. The van der Waals surface area contributed by atoms with Crippen molar-refractivity contribution in [2.45, 2.75) is 38.6 Å². The van der Waals surface area contributed by atoms with Crippen molar-refractivity contribution >= 4 is 23.2 Å². The molecule has 2 atom stereocenters. The Morgan fingerprint density at radius 3 is 2.56 bits per heavy atom. The van der Waals surface area contributed by atoms with Crippen molar-refractivity contribution in [1.82, 2.24) is 9.80 Å². The lowest BCUT2D eigenvalue weighted by molar-refractivity contribution is -0.133. The maximum Gasteiger partial charge on any atom is 0.254 e. The summed E-state index contributed by atoms with van der Waals surface area (Å²) < 4.78 is 0. The summed E-state index contributed by atoms with van der Waals surface area (Å²) in [7, 11) is 0. The van der Waals surface area contributed by atoms with Crippen molar-refractivity contribution in [3.63, 3.8) is 0 Å². The molecule has 4 rings (SSSR count). The molecule has 142 valence electrons. The third-order valence-corrected chi connectivity index (χ3v) is 6.46. The summed E-state index contributed by atoms with van der Waals surface area (Å²) in [5.41, 5.74) is 1.57. The Morgan fingerprint density at radius 2 is 1.89 bits per heavy atom. The number of amides is 2. The molecule has 0 unspecified atom stereocenters. The molecular formula is C22H26N2O2S. The average molecular weight is 383 g/mol. The second-order valence-electron chi connectivity index (χ2n) is 7.91. The van der Waals surface area contributed by atoms with Gasteiger partial charge in [-0.25, -0.2) is 0 Å². The number of likely N-dealkylation sites (tertiary alicyclic amines) is 1. The van der Waals surface area contributed by atoms with E-state index in [1.807, 2.05) is 45.5 Å². The lowest BCUT2D eigenvalue weighted by Crippen LogP contribution is -2.48. The maximum absolute atomic E-state index is 13.6. The second kappa shape index (κ2) is 7.47. The minimum atomic E-state index is -0.325. The van der Waals surface area contributed by atoms with Crippen LogP contribution in [-0.2, 0) is 4.79 Å². The van der Waals surface area contributed by atoms with Crippen LogP contribution < -0.4 is 0 Å². The number of fused-ring (bicyclic) bond motifs is 1. The SMILES string of the molecule is CC(C)CN1C(=O)c2ccccc2[C@@H](C(=O)N2CCCC2)[C@H]1c1cccs1. The molecule has 4 nitrogen and oxygen atoms in total. The van der Waals surface area contributed by atoms with E-state index in [1.165, 1.54) is 0 Å². The van der Waals surface area contributed by atoms with Crippen molar-refractivity contribution in [2.24, 2.45) is 5.92 Å². The number of carbonyl (C=O) groups is 2. The number of benzene rings is 1. The van der Waals surface area contributed by atoms with Crippen LogP contribution in [-0.4, -0.2) is 41.2 Å². The van der Waals surface area contributed by atoms with Crippen LogP contribution in [0, 0.1) is 5.92 Å². The van der Waals surface area contributed by atoms with Gasteiger partial charge in [0, 0.05) is 30.1 Å². The van der Waals surface area contributed by atoms with Crippen LogP contribution in [0.3, 0.4) is 0 Å². The molecule has 3 heterocycles. The standard InChI is InChI=1S/C22H26N2O2S/c1-15(2)14-24-20(18-10-7-13-27-18)19(22(26)23-11-5-6-12-23)16-8-3-4-9-17(16)21(24)25/h3-4,7-10,13,15,19-20H,5-6,11-12,14H2,1-2H3/t19-,20-/m1/s1. The zero-order valence-corrected chi connectivity index (χ0v) is 16.7. The molecule has 1 fully saturated rings. The average Bonchev–Trinajstić information content (AvgIpc) is 3.37. The van der Waals surface area contributed by atoms with E-state index in [0.717, 1.165) is 36.4 Å². The smallest absolute Gasteiger partial charge is 0.254 e. The van der Waals surface area contributed by atoms with Crippen LogP contribution in [0.15, 0.2) is 41.8 Å². The van der Waals surface area contributed by atoms with E-state index in [2.05, 4.69) is 19.9 Å². The zero-order valence-electron chi connectivity index (χ0n) is 15.9. The van der Waals surface area contributed by atoms with Gasteiger partial charge in [0.15, 0.2) is 0 Å². The molecule has 2 amide bonds. The fraction of sp³-hybridized carbons (Fsp3) is 0.455. The highest BCUT2D eigenvalue weighted by molar-refractivity contribution is 7.10. The highest BCUT2D eigenvalue weighted by Gasteiger charge is 2.46. The molecule has 1 aromatic carbocycles. The monoisotopic (exact) mass is 382 g/mol. The fourth-order valence-electron chi connectivity index (χ4n) is 4.36. The van der Waals surface area contributed by atoms with Gasteiger partial charge in [-0.1, -0.05) is 38.1 Å². The lowest BCUT2D eigenvalue weighted by Gasteiger charge is -2.43. The van der Waals surface area contributed by atoms with Crippen LogP contribution in [0.25, 0.3) is 0 Å². The van der Waals surface area contributed by atoms with E-state index in [4.69, 9.17) is 0 Å².